The number of nitriles is 1. The summed E-state index contributed by atoms with van der Waals surface area (Å²) < 4.78 is 10.7. The summed E-state index contributed by atoms with van der Waals surface area (Å²) in [5, 5.41) is 10.9. The van der Waals surface area contributed by atoms with Crippen LogP contribution >= 0.6 is 11.6 Å². The maximum Gasteiger partial charge on any atom is 0.349 e. The summed E-state index contributed by atoms with van der Waals surface area (Å²) in [5.74, 6) is 0.405. The van der Waals surface area contributed by atoms with Crippen molar-refractivity contribution in [1.29, 1.82) is 5.26 Å². The minimum absolute atomic E-state index is 0.233. The Kier molecular flexibility index (Phi) is 4.64. The molecule has 24 heavy (non-hydrogen) atoms. The lowest BCUT2D eigenvalue weighted by atomic mass is 10.1. The highest BCUT2D eigenvalue weighted by Crippen LogP contribution is 2.31. The molecule has 0 saturated heterocycles. The lowest BCUT2D eigenvalue weighted by Gasteiger charge is -2.10. The van der Waals surface area contributed by atoms with Crippen LogP contribution in [-0.2, 0) is 4.79 Å². The Balaban J connectivity index is 1.69. The van der Waals surface area contributed by atoms with E-state index < -0.39 is 5.97 Å². The molecule has 118 valence electrons. The Morgan fingerprint density at radius 3 is 2.42 bits per heavy atom. The van der Waals surface area contributed by atoms with Gasteiger partial charge >= 0.3 is 5.97 Å². The number of esters is 1. The second kappa shape index (κ2) is 7.03. The Labute approximate surface area is 143 Å². The van der Waals surface area contributed by atoms with E-state index in [0.717, 1.165) is 10.8 Å². The van der Waals surface area contributed by atoms with Crippen molar-refractivity contribution in [3.63, 3.8) is 0 Å². The van der Waals surface area contributed by atoms with Crippen molar-refractivity contribution in [3.8, 4) is 17.6 Å². The van der Waals surface area contributed by atoms with Gasteiger partial charge in [-0.05, 0) is 36.4 Å². The molecule has 0 heterocycles. The average Bonchev–Trinajstić information content (AvgIpc) is 2.63. The Morgan fingerprint density at radius 2 is 1.71 bits per heavy atom. The summed E-state index contributed by atoms with van der Waals surface area (Å²) in [6.07, 6.45) is 0. The predicted molar refractivity (Wildman–Crippen MR) is 91.2 cm³/mol. The molecule has 0 bridgehead atoms. The number of hydrogen-bond donors (Lipinski definition) is 0. The fourth-order valence-corrected chi connectivity index (χ4v) is 2.47. The van der Waals surface area contributed by atoms with E-state index in [1.807, 2.05) is 30.3 Å². The number of rotatable bonds is 4. The van der Waals surface area contributed by atoms with Gasteiger partial charge in [0.2, 0.25) is 0 Å². The van der Waals surface area contributed by atoms with Gasteiger partial charge in [0.15, 0.2) is 6.61 Å². The van der Waals surface area contributed by atoms with Crippen LogP contribution in [0.1, 0.15) is 5.56 Å². The number of carbonyl (C=O) groups excluding carboxylic acids is 1. The van der Waals surface area contributed by atoms with Crippen LogP contribution in [0, 0.1) is 11.3 Å². The molecule has 4 nitrogen and oxygen atoms in total. The number of nitrogens with zero attached hydrogens (tertiary/aromatic N) is 1. The summed E-state index contributed by atoms with van der Waals surface area (Å²) in [7, 11) is 0. The number of hydrogen-bond acceptors (Lipinski definition) is 4. The first-order valence-electron chi connectivity index (χ1n) is 7.18. The van der Waals surface area contributed by atoms with Crippen molar-refractivity contribution in [2.75, 3.05) is 6.61 Å². The van der Waals surface area contributed by atoms with Crippen molar-refractivity contribution >= 4 is 28.3 Å². The van der Waals surface area contributed by atoms with Gasteiger partial charge in [0.1, 0.15) is 11.5 Å². The van der Waals surface area contributed by atoms with Crippen molar-refractivity contribution in [3.05, 3.63) is 71.2 Å². The first kappa shape index (κ1) is 15.9. The van der Waals surface area contributed by atoms with Crippen LogP contribution in [0.15, 0.2) is 60.7 Å². The number of carbonyl (C=O) groups is 1. The zero-order chi connectivity index (χ0) is 16.9. The first-order chi connectivity index (χ1) is 11.7. The molecule has 0 aliphatic heterocycles. The summed E-state index contributed by atoms with van der Waals surface area (Å²) in [6.45, 7) is -0.233. The van der Waals surface area contributed by atoms with Gasteiger partial charge in [-0.1, -0.05) is 35.9 Å². The number of halogens is 1. The molecule has 0 radical (unpaired) electrons. The lowest BCUT2D eigenvalue weighted by Crippen LogP contribution is -2.17. The standard InChI is InChI=1S/C19H12ClNO3/c20-17-9-10-18(16-4-2-1-3-15(16)17)24-19(22)12-23-14-7-5-13(11-21)6-8-14/h1-10H,12H2. The van der Waals surface area contributed by atoms with Gasteiger partial charge in [0.25, 0.3) is 0 Å². The summed E-state index contributed by atoms with van der Waals surface area (Å²) in [5.41, 5.74) is 0.526. The maximum absolute atomic E-state index is 12.0. The Morgan fingerprint density at radius 1 is 1.00 bits per heavy atom. The number of ether oxygens (including phenoxy) is 2. The van der Waals surface area contributed by atoms with E-state index in [1.165, 1.54) is 0 Å². The highest BCUT2D eigenvalue weighted by atomic mass is 35.5. The molecule has 0 aliphatic rings. The fraction of sp³-hybridized carbons (Fsp3) is 0.0526. The van der Waals surface area contributed by atoms with E-state index in [4.69, 9.17) is 26.3 Å². The van der Waals surface area contributed by atoms with Crippen LogP contribution in [0.5, 0.6) is 11.5 Å². The summed E-state index contributed by atoms with van der Waals surface area (Å²) in [4.78, 5) is 12.0. The zero-order valence-corrected chi connectivity index (χ0v) is 13.3. The van der Waals surface area contributed by atoms with Crippen molar-refractivity contribution < 1.29 is 14.3 Å². The topological polar surface area (TPSA) is 59.3 Å². The van der Waals surface area contributed by atoms with Crippen LogP contribution in [0.4, 0.5) is 0 Å². The summed E-state index contributed by atoms with van der Waals surface area (Å²) in [6, 6.07) is 19.3. The molecule has 0 N–H and O–H groups in total. The molecule has 3 rings (SSSR count). The second-order valence-electron chi connectivity index (χ2n) is 4.99. The molecule has 3 aromatic carbocycles. The van der Waals surface area contributed by atoms with Crippen LogP contribution in [0.2, 0.25) is 5.02 Å². The largest absolute Gasteiger partial charge is 0.482 e. The fourth-order valence-electron chi connectivity index (χ4n) is 2.24. The SMILES string of the molecule is N#Cc1ccc(OCC(=O)Oc2ccc(Cl)c3ccccc23)cc1. The first-order valence-corrected chi connectivity index (χ1v) is 7.56. The number of benzene rings is 3. The number of fused-ring (bicyclic) bond motifs is 1. The molecule has 0 aliphatic carbocycles. The molecule has 5 heteroatoms. The molecule has 0 saturated carbocycles. The minimum atomic E-state index is -0.521. The summed E-state index contributed by atoms with van der Waals surface area (Å²) >= 11 is 6.14. The Bertz CT molecular complexity index is 929. The molecule has 0 spiro atoms. The quantitative estimate of drug-likeness (QED) is 0.524. The van der Waals surface area contributed by atoms with E-state index in [0.29, 0.717) is 22.1 Å². The van der Waals surface area contributed by atoms with Gasteiger partial charge in [-0.25, -0.2) is 4.79 Å². The molecular formula is C19H12ClNO3. The van der Waals surface area contributed by atoms with E-state index in [1.54, 1.807) is 36.4 Å². The monoisotopic (exact) mass is 337 g/mol. The van der Waals surface area contributed by atoms with Crippen molar-refractivity contribution in [2.24, 2.45) is 0 Å². The van der Waals surface area contributed by atoms with Crippen LogP contribution in [0.25, 0.3) is 10.8 Å². The second-order valence-corrected chi connectivity index (χ2v) is 5.40. The maximum atomic E-state index is 12.0. The van der Waals surface area contributed by atoms with Gasteiger partial charge in [0, 0.05) is 15.8 Å². The van der Waals surface area contributed by atoms with E-state index >= 15 is 0 Å². The third-order valence-corrected chi connectivity index (χ3v) is 3.72. The minimum Gasteiger partial charge on any atom is -0.482 e. The van der Waals surface area contributed by atoms with Crippen molar-refractivity contribution in [2.45, 2.75) is 0 Å². The molecule has 0 atom stereocenters. The predicted octanol–water partition coefficient (Wildman–Crippen LogP) is 4.35. The third-order valence-electron chi connectivity index (χ3n) is 3.39. The van der Waals surface area contributed by atoms with E-state index in [-0.39, 0.29) is 6.61 Å². The normalized spacial score (nSPS) is 10.2. The van der Waals surface area contributed by atoms with Gasteiger partial charge in [-0.15, -0.1) is 0 Å². The smallest absolute Gasteiger partial charge is 0.349 e. The molecule has 3 aromatic rings. The molecule has 0 aromatic heterocycles. The van der Waals surface area contributed by atoms with Crippen molar-refractivity contribution in [1.82, 2.24) is 0 Å². The molecular weight excluding hydrogens is 326 g/mol. The van der Waals surface area contributed by atoms with Gasteiger partial charge < -0.3 is 9.47 Å². The van der Waals surface area contributed by atoms with Gasteiger partial charge in [-0.2, -0.15) is 5.26 Å². The van der Waals surface area contributed by atoms with Gasteiger partial charge in [0.05, 0.1) is 11.6 Å². The van der Waals surface area contributed by atoms with E-state index in [2.05, 4.69) is 0 Å². The molecule has 0 unspecified atom stereocenters. The third kappa shape index (κ3) is 3.48. The zero-order valence-electron chi connectivity index (χ0n) is 12.5. The highest BCUT2D eigenvalue weighted by molar-refractivity contribution is 6.35. The van der Waals surface area contributed by atoms with Crippen LogP contribution < -0.4 is 9.47 Å². The molecule has 0 amide bonds. The highest BCUT2D eigenvalue weighted by Gasteiger charge is 2.11. The van der Waals surface area contributed by atoms with Crippen LogP contribution in [0.3, 0.4) is 0 Å². The molecule has 0 fully saturated rings. The Hall–Kier alpha value is -3.03. The lowest BCUT2D eigenvalue weighted by molar-refractivity contribution is -0.136. The average molecular weight is 338 g/mol. The van der Waals surface area contributed by atoms with Gasteiger partial charge in [-0.3, -0.25) is 0 Å². The van der Waals surface area contributed by atoms with E-state index in [9.17, 15) is 4.79 Å². The van der Waals surface area contributed by atoms with Crippen LogP contribution in [-0.4, -0.2) is 12.6 Å².